The predicted molar refractivity (Wildman–Crippen MR) is 473 cm³/mol. The lowest BCUT2D eigenvalue weighted by molar-refractivity contribution is -0.136. The first-order chi connectivity index (χ1) is 61.8. The number of ether oxygens (including phenoxy) is 5. The van der Waals surface area contributed by atoms with Gasteiger partial charge in [-0.25, -0.2) is 24.0 Å². The SMILES string of the molecule is CC(C)C[C@@H]1NC(=O)[C@@H](Cc2ccccc2)NC(=O)[C@H](CCCCNC(=O)OCc2ccccc2)NC(=O)[C@@H](NC(=O)[C@H](CCCCNC(=O)OCc2ccccc2)NC(=O)[C@@H](NC(=O)OCc2ccccc2)[C@@H](C)O)CCCCNC(=O)[C@H]([C@@H](C)O)NC(=O)[C@H](CCCCNC(=O)OCc2ccccc2)NC(=O)[C@H](CCCCNC(=O)OCc2ccccc2)NC1=O. The smallest absolute Gasteiger partial charge is 0.408 e. The summed E-state index contributed by atoms with van der Waals surface area (Å²) in [7, 11) is 0. The average molecular weight is 1770 g/mol. The minimum absolute atomic E-state index is 0.00819. The zero-order valence-corrected chi connectivity index (χ0v) is 73.0. The number of nitrogens with one attached hydrogen (secondary N) is 14. The maximum atomic E-state index is 15.5. The molecule has 0 saturated carbocycles. The summed E-state index contributed by atoms with van der Waals surface area (Å²) in [5, 5.41) is 60.1. The molecule has 128 heavy (non-hydrogen) atoms. The standard InChI is InChI=1S/C93H124N14O21/c1-62(2)55-76-85(115)102-72(46-24-29-51-95-89(119)124-57-66-35-13-6-14-36-66)81(111)101-75(49-27-32-54-98-92(122)127-60-69-41-19-9-20-42-69)84(114)106-78(63(3)108)87(117)94-50-28-23-45-71(80(110)100-73(47-25-30-52-96-90(120)125-58-67-37-15-7-16-38-67)83(113)105-77(86(116)104-76)56-65-33-11-5-12-34-65)99-82(112)74(48-26-31-53-97-91(121)126-59-68-39-17-8-18-40-68)103-88(118)79(64(4)109)107-93(123)128-61-70-43-21-10-22-44-70/h5-22,33-44,62-64,71-79,108-109H,23-32,45-61H2,1-4H3,(H,94,117)(H,95,119)(H,96,120)(H,97,121)(H,98,122)(H,99,112)(H,100,110)(H,101,111)(H,102,115)(H,103,118)(H,104,116)(H,105,113)(H,106,114)(H,107,123)/t63-,64-,71+,72+,73+,74+,75+,76+,77-,78+,79+/m1/s1. The molecule has 0 bridgehead atoms. The summed E-state index contributed by atoms with van der Waals surface area (Å²) in [6.45, 7) is 5.72. The predicted octanol–water partition coefficient (Wildman–Crippen LogP) is 6.90. The van der Waals surface area contributed by atoms with Crippen LogP contribution in [-0.2, 0) is 106 Å². The van der Waals surface area contributed by atoms with Crippen LogP contribution < -0.4 is 74.4 Å². The molecule has 1 aliphatic rings. The van der Waals surface area contributed by atoms with E-state index in [1.807, 2.05) is 24.3 Å². The summed E-state index contributed by atoms with van der Waals surface area (Å²) in [5.41, 5.74) is 4.11. The van der Waals surface area contributed by atoms with E-state index in [0.717, 1.165) is 22.3 Å². The highest BCUT2D eigenvalue weighted by atomic mass is 16.6. The second kappa shape index (κ2) is 57.4. The molecule has 35 heteroatoms. The maximum Gasteiger partial charge on any atom is 0.408 e. The van der Waals surface area contributed by atoms with Gasteiger partial charge in [-0.05, 0) is 156 Å². The van der Waals surface area contributed by atoms with Gasteiger partial charge >= 0.3 is 30.5 Å². The van der Waals surface area contributed by atoms with Gasteiger partial charge in [0.15, 0.2) is 0 Å². The third-order valence-electron chi connectivity index (χ3n) is 20.6. The molecule has 16 N–H and O–H groups in total. The lowest BCUT2D eigenvalue weighted by Crippen LogP contribution is -2.61. The highest BCUT2D eigenvalue weighted by molar-refractivity contribution is 5.99. The van der Waals surface area contributed by atoms with E-state index in [9.17, 15) is 48.6 Å². The summed E-state index contributed by atoms with van der Waals surface area (Å²) in [6, 6.07) is 39.0. The van der Waals surface area contributed by atoms with Gasteiger partial charge in [-0.3, -0.25) is 43.2 Å². The first-order valence-corrected chi connectivity index (χ1v) is 43.6. The van der Waals surface area contributed by atoms with Crippen LogP contribution in [0.4, 0.5) is 24.0 Å². The second-order valence-corrected chi connectivity index (χ2v) is 31.6. The Balaban J connectivity index is 1.22. The number of aliphatic hydroxyl groups is 2. The Labute approximate surface area is 746 Å². The third kappa shape index (κ3) is 40.0. The number of carbonyl (C=O) groups is 14. The van der Waals surface area contributed by atoms with Crippen molar-refractivity contribution in [2.24, 2.45) is 5.92 Å². The fourth-order valence-electron chi connectivity index (χ4n) is 13.5. The molecule has 0 aliphatic carbocycles. The minimum Gasteiger partial charge on any atom is -0.445 e. The number of benzene rings is 6. The first-order valence-electron chi connectivity index (χ1n) is 43.6. The van der Waals surface area contributed by atoms with Crippen molar-refractivity contribution in [3.8, 4) is 0 Å². The molecule has 1 fully saturated rings. The number of unbranched alkanes of at least 4 members (excludes halogenated alkanes) is 4. The molecule has 35 nitrogen and oxygen atoms in total. The van der Waals surface area contributed by atoms with E-state index in [4.69, 9.17) is 23.7 Å². The largest absolute Gasteiger partial charge is 0.445 e. The molecule has 1 heterocycles. The highest BCUT2D eigenvalue weighted by Gasteiger charge is 2.38. The van der Waals surface area contributed by atoms with E-state index < -0.39 is 150 Å². The molecule has 0 radical (unpaired) electrons. The Kier molecular flexibility index (Phi) is 45.7. The van der Waals surface area contributed by atoms with Crippen LogP contribution in [0.3, 0.4) is 0 Å². The minimum atomic E-state index is -1.73. The molecular formula is C93H124N14O21. The lowest BCUT2D eigenvalue weighted by Gasteiger charge is -2.29. The average Bonchev–Trinajstić information content (AvgIpc) is 0.927. The van der Waals surface area contributed by atoms with Gasteiger partial charge in [0.25, 0.3) is 0 Å². The fourth-order valence-corrected chi connectivity index (χ4v) is 13.5. The summed E-state index contributed by atoms with van der Waals surface area (Å²) >= 11 is 0. The fraction of sp³-hybridized carbons (Fsp3) is 0.462. The number of alkyl carbamates (subject to hydrolysis) is 5. The van der Waals surface area contributed by atoms with Gasteiger partial charge in [0.2, 0.25) is 53.2 Å². The molecule has 0 unspecified atom stereocenters. The van der Waals surface area contributed by atoms with Crippen LogP contribution in [0.5, 0.6) is 0 Å². The molecule has 7 rings (SSSR count). The maximum absolute atomic E-state index is 15.5. The van der Waals surface area contributed by atoms with Gasteiger partial charge in [0.05, 0.1) is 12.2 Å². The van der Waals surface area contributed by atoms with Crippen molar-refractivity contribution in [1.29, 1.82) is 0 Å². The number of hydrogen-bond donors (Lipinski definition) is 16. The van der Waals surface area contributed by atoms with Gasteiger partial charge in [0.1, 0.15) is 87.4 Å². The molecule has 692 valence electrons. The zero-order valence-electron chi connectivity index (χ0n) is 73.0. The normalized spacial score (nSPS) is 18.4. The van der Waals surface area contributed by atoms with Crippen LogP contribution >= 0.6 is 0 Å². The topological polar surface area (TPSA) is 494 Å². The monoisotopic (exact) mass is 1770 g/mol. The van der Waals surface area contributed by atoms with Crippen molar-refractivity contribution in [1.82, 2.24) is 74.4 Å². The van der Waals surface area contributed by atoms with Crippen LogP contribution in [0.15, 0.2) is 182 Å². The Hall–Kier alpha value is -13.2. The number of rotatable bonds is 41. The molecule has 6 aromatic carbocycles. The second-order valence-electron chi connectivity index (χ2n) is 31.6. The third-order valence-corrected chi connectivity index (χ3v) is 20.6. The number of aliphatic hydroxyl groups excluding tert-OH is 2. The molecular weight excluding hydrogens is 1650 g/mol. The van der Waals surface area contributed by atoms with Gasteiger partial charge in [-0.15, -0.1) is 0 Å². The van der Waals surface area contributed by atoms with Crippen LogP contribution in [0.1, 0.15) is 164 Å². The summed E-state index contributed by atoms with van der Waals surface area (Å²) in [5.74, 6) is -8.73. The van der Waals surface area contributed by atoms with Crippen molar-refractivity contribution in [3.63, 3.8) is 0 Å². The van der Waals surface area contributed by atoms with E-state index in [2.05, 4.69) is 74.4 Å². The van der Waals surface area contributed by atoms with Gasteiger partial charge < -0.3 is 108 Å². The van der Waals surface area contributed by atoms with Crippen LogP contribution in [0.25, 0.3) is 0 Å². The molecule has 11 atom stereocenters. The summed E-state index contributed by atoms with van der Waals surface area (Å²) in [6.07, 6.45) is -6.93. The van der Waals surface area contributed by atoms with Crippen molar-refractivity contribution in [3.05, 3.63) is 215 Å². The first kappa shape index (κ1) is 102. The summed E-state index contributed by atoms with van der Waals surface area (Å²) < 4.78 is 26.9. The van der Waals surface area contributed by atoms with Crippen LogP contribution in [0.2, 0.25) is 0 Å². The molecule has 6 aromatic rings. The van der Waals surface area contributed by atoms with Crippen molar-refractivity contribution >= 4 is 83.6 Å². The van der Waals surface area contributed by atoms with E-state index in [0.29, 0.717) is 11.1 Å². The zero-order chi connectivity index (χ0) is 92.2. The van der Waals surface area contributed by atoms with Crippen molar-refractivity contribution in [2.75, 3.05) is 32.7 Å². The Morgan fingerprint density at radius 3 is 1.09 bits per heavy atom. The Morgan fingerprint density at radius 1 is 0.367 bits per heavy atom. The van der Waals surface area contributed by atoms with E-state index in [1.165, 1.54) is 13.8 Å². The molecule has 1 saturated heterocycles. The number of amides is 14. The van der Waals surface area contributed by atoms with Crippen LogP contribution in [0, 0.1) is 5.92 Å². The lowest BCUT2D eigenvalue weighted by atomic mass is 9.99. The molecule has 1 aliphatic heterocycles. The van der Waals surface area contributed by atoms with E-state index >= 15 is 28.8 Å². The van der Waals surface area contributed by atoms with E-state index in [-0.39, 0.29) is 181 Å². The van der Waals surface area contributed by atoms with Gasteiger partial charge in [0, 0.05) is 39.1 Å². The van der Waals surface area contributed by atoms with Crippen LogP contribution in [-0.4, -0.2) is 193 Å². The van der Waals surface area contributed by atoms with Crippen molar-refractivity contribution in [2.45, 2.75) is 236 Å². The van der Waals surface area contributed by atoms with Gasteiger partial charge in [-0.2, -0.15) is 0 Å². The number of carbonyl (C=O) groups excluding carboxylic acids is 14. The van der Waals surface area contributed by atoms with E-state index in [1.54, 1.807) is 172 Å². The number of hydrogen-bond acceptors (Lipinski definition) is 21. The molecule has 14 amide bonds. The van der Waals surface area contributed by atoms with Gasteiger partial charge in [-0.1, -0.05) is 196 Å². The molecule has 0 spiro atoms. The highest BCUT2D eigenvalue weighted by Crippen LogP contribution is 2.17. The summed E-state index contributed by atoms with van der Waals surface area (Å²) in [4.78, 5) is 200. The quantitative estimate of drug-likeness (QED) is 0.0137. The van der Waals surface area contributed by atoms with Crippen molar-refractivity contribution < 1.29 is 101 Å². The Bertz CT molecular complexity index is 4430. The Morgan fingerprint density at radius 2 is 0.703 bits per heavy atom. The molecule has 0 aromatic heterocycles.